The third-order valence-electron chi connectivity index (χ3n) is 3.15. The second-order valence-corrected chi connectivity index (χ2v) is 5.95. The Bertz CT molecular complexity index is 859. The van der Waals surface area contributed by atoms with Crippen molar-refractivity contribution in [2.45, 2.75) is 6.92 Å². The quantitative estimate of drug-likeness (QED) is 0.423. The van der Waals surface area contributed by atoms with Gasteiger partial charge in [0.1, 0.15) is 5.02 Å². The minimum absolute atomic E-state index is 0.0154. The summed E-state index contributed by atoms with van der Waals surface area (Å²) in [6.07, 6.45) is 1.43. The zero-order valence-corrected chi connectivity index (χ0v) is 16.1. The largest absolute Gasteiger partial charge is 0.493 e. The van der Waals surface area contributed by atoms with Crippen LogP contribution in [0.15, 0.2) is 23.3 Å². The highest BCUT2D eigenvalue weighted by Gasteiger charge is 2.19. The second-order valence-electron chi connectivity index (χ2n) is 4.84. The highest BCUT2D eigenvalue weighted by Crippen LogP contribution is 2.34. The number of amides is 1. The third kappa shape index (κ3) is 4.49. The fourth-order valence-corrected chi connectivity index (χ4v) is 2.54. The molecule has 7 nitrogen and oxygen atoms in total. The van der Waals surface area contributed by atoms with Gasteiger partial charge in [-0.25, -0.2) is 10.4 Å². The molecule has 0 fully saturated rings. The summed E-state index contributed by atoms with van der Waals surface area (Å²) in [7, 11) is 1.55. The molecule has 3 N–H and O–H groups in total. The Balaban J connectivity index is 2.16. The minimum Gasteiger partial charge on any atom is -0.493 e. The number of benzene rings is 1. The maximum absolute atomic E-state index is 12.2. The highest BCUT2D eigenvalue weighted by atomic mass is 35.5. The summed E-state index contributed by atoms with van der Waals surface area (Å²) in [5, 5.41) is 3.62. The summed E-state index contributed by atoms with van der Waals surface area (Å²) in [6, 6.07) is 5.20. The van der Waals surface area contributed by atoms with Crippen LogP contribution in [-0.2, 0) is 0 Å². The first-order chi connectivity index (χ1) is 12.4. The Morgan fingerprint density at radius 1 is 1.31 bits per heavy atom. The molecule has 10 heteroatoms. The van der Waals surface area contributed by atoms with Gasteiger partial charge in [-0.2, -0.15) is 5.10 Å². The molecule has 0 aliphatic rings. The van der Waals surface area contributed by atoms with Crippen molar-refractivity contribution in [1.82, 2.24) is 10.4 Å². The van der Waals surface area contributed by atoms with Crippen LogP contribution in [0, 0.1) is 0 Å². The molecule has 1 aromatic carbocycles. The normalized spacial score (nSPS) is 10.8. The van der Waals surface area contributed by atoms with E-state index in [0.717, 1.165) is 0 Å². The molecule has 0 aliphatic heterocycles. The van der Waals surface area contributed by atoms with Gasteiger partial charge in [0.05, 0.1) is 30.6 Å². The van der Waals surface area contributed by atoms with Crippen LogP contribution in [0.5, 0.6) is 11.5 Å². The second kappa shape index (κ2) is 8.93. The lowest BCUT2D eigenvalue weighted by atomic mass is 10.2. The first-order valence-corrected chi connectivity index (χ1v) is 8.46. The topological polar surface area (TPSA) is 98.8 Å². The van der Waals surface area contributed by atoms with E-state index in [4.69, 9.17) is 50.0 Å². The van der Waals surface area contributed by atoms with Crippen molar-refractivity contribution in [3.05, 3.63) is 44.7 Å². The van der Waals surface area contributed by atoms with Gasteiger partial charge >= 0.3 is 0 Å². The zero-order valence-electron chi connectivity index (χ0n) is 13.8. The molecule has 2 aromatic rings. The van der Waals surface area contributed by atoms with Gasteiger partial charge in [0.15, 0.2) is 22.3 Å². The molecular formula is C16H15Cl3N4O3. The van der Waals surface area contributed by atoms with E-state index < -0.39 is 5.91 Å². The molecule has 0 saturated heterocycles. The van der Waals surface area contributed by atoms with Gasteiger partial charge < -0.3 is 15.2 Å². The number of halogens is 3. The summed E-state index contributed by atoms with van der Waals surface area (Å²) in [5.41, 5.74) is 8.45. The van der Waals surface area contributed by atoms with Crippen LogP contribution in [0.2, 0.25) is 15.2 Å². The maximum Gasteiger partial charge on any atom is 0.291 e. The smallest absolute Gasteiger partial charge is 0.291 e. The average molecular weight is 418 g/mol. The van der Waals surface area contributed by atoms with Crippen LogP contribution in [0.3, 0.4) is 0 Å². The molecule has 0 aliphatic carbocycles. The number of carbonyl (C=O) groups is 1. The molecule has 0 unspecified atom stereocenters. The monoisotopic (exact) mass is 416 g/mol. The van der Waals surface area contributed by atoms with Gasteiger partial charge in [-0.3, -0.25) is 4.79 Å². The van der Waals surface area contributed by atoms with Gasteiger partial charge in [0.2, 0.25) is 0 Å². The van der Waals surface area contributed by atoms with Crippen LogP contribution in [0.1, 0.15) is 23.0 Å². The molecule has 0 radical (unpaired) electrons. The van der Waals surface area contributed by atoms with Gasteiger partial charge in [-0.15, -0.1) is 0 Å². The number of nitrogens with one attached hydrogen (secondary N) is 1. The van der Waals surface area contributed by atoms with E-state index in [1.807, 2.05) is 6.92 Å². The number of hydrogen-bond donors (Lipinski definition) is 2. The molecule has 1 heterocycles. The summed E-state index contributed by atoms with van der Waals surface area (Å²) in [4.78, 5) is 16.0. The number of nitrogens with two attached hydrogens (primary N) is 1. The lowest BCUT2D eigenvalue weighted by Crippen LogP contribution is -2.20. The van der Waals surface area contributed by atoms with Crippen molar-refractivity contribution < 1.29 is 14.3 Å². The van der Waals surface area contributed by atoms with Crippen molar-refractivity contribution in [2.75, 3.05) is 19.5 Å². The maximum atomic E-state index is 12.2. The van der Waals surface area contributed by atoms with Crippen LogP contribution in [0.25, 0.3) is 0 Å². The number of anilines is 1. The van der Waals surface area contributed by atoms with Crippen LogP contribution in [-0.4, -0.2) is 30.8 Å². The van der Waals surface area contributed by atoms with E-state index in [0.29, 0.717) is 23.7 Å². The molecule has 1 aromatic heterocycles. The fourth-order valence-electron chi connectivity index (χ4n) is 1.94. The molecule has 0 saturated carbocycles. The van der Waals surface area contributed by atoms with Gasteiger partial charge in [0.25, 0.3) is 5.91 Å². The van der Waals surface area contributed by atoms with E-state index >= 15 is 0 Å². The van der Waals surface area contributed by atoms with Gasteiger partial charge in [0, 0.05) is 0 Å². The Kier molecular flexibility index (Phi) is 6.90. The molecule has 138 valence electrons. The lowest BCUT2D eigenvalue weighted by Gasteiger charge is -2.09. The molecule has 0 bridgehead atoms. The first-order valence-electron chi connectivity index (χ1n) is 7.33. The number of rotatable bonds is 6. The van der Waals surface area contributed by atoms with Crippen molar-refractivity contribution in [1.29, 1.82) is 0 Å². The molecule has 2 rings (SSSR count). The molecule has 0 spiro atoms. The van der Waals surface area contributed by atoms with E-state index in [1.165, 1.54) is 6.21 Å². The summed E-state index contributed by atoms with van der Waals surface area (Å²) in [5.74, 6) is 0.470. The van der Waals surface area contributed by atoms with Crippen LogP contribution in [0.4, 0.5) is 5.69 Å². The van der Waals surface area contributed by atoms with Crippen LogP contribution >= 0.6 is 34.8 Å². The number of hydrazone groups is 1. The van der Waals surface area contributed by atoms with E-state index in [2.05, 4.69) is 15.5 Å². The van der Waals surface area contributed by atoms with Crippen molar-refractivity contribution >= 4 is 52.6 Å². The summed E-state index contributed by atoms with van der Waals surface area (Å²) in [6.45, 7) is 2.34. The van der Waals surface area contributed by atoms with E-state index in [-0.39, 0.29) is 26.6 Å². The standard InChI is InChI=1S/C16H15Cl3N4O3/c1-3-26-10-6-8(4-5-9(10)25-2)7-21-23-16(24)14-11(17)13(20)12(18)15(19)22-14/h4-7H,3H2,1-2H3,(H2,20,22)(H,23,24)/b21-7+. The van der Waals surface area contributed by atoms with E-state index in [1.54, 1.807) is 25.3 Å². The Morgan fingerprint density at radius 3 is 2.69 bits per heavy atom. The fraction of sp³-hybridized carbons (Fsp3) is 0.188. The third-order valence-corrected chi connectivity index (χ3v) is 4.29. The number of aromatic nitrogens is 1. The summed E-state index contributed by atoms with van der Waals surface area (Å²) >= 11 is 17.6. The van der Waals surface area contributed by atoms with Crippen LogP contribution < -0.4 is 20.6 Å². The number of carbonyl (C=O) groups excluding carboxylic acids is 1. The SMILES string of the molecule is CCOc1cc(/C=N/NC(=O)c2nc(Cl)c(Cl)c(N)c2Cl)ccc1OC. The number of nitrogens with zero attached hydrogens (tertiary/aromatic N) is 2. The van der Waals surface area contributed by atoms with Crippen molar-refractivity contribution in [3.63, 3.8) is 0 Å². The molecule has 0 atom stereocenters. The number of methoxy groups -OCH3 is 1. The molecule has 26 heavy (non-hydrogen) atoms. The van der Waals surface area contributed by atoms with Crippen molar-refractivity contribution in [3.8, 4) is 11.5 Å². The number of ether oxygens (including phenoxy) is 2. The average Bonchev–Trinajstić information content (AvgIpc) is 2.63. The number of hydrogen-bond acceptors (Lipinski definition) is 6. The Hall–Kier alpha value is -2.22. The predicted molar refractivity (Wildman–Crippen MR) is 103 cm³/mol. The van der Waals surface area contributed by atoms with Gasteiger partial charge in [-0.1, -0.05) is 34.8 Å². The number of nitrogen functional groups attached to an aromatic ring is 1. The van der Waals surface area contributed by atoms with E-state index in [9.17, 15) is 4.79 Å². The molecule has 1 amide bonds. The number of pyridine rings is 1. The Morgan fingerprint density at radius 2 is 2.04 bits per heavy atom. The van der Waals surface area contributed by atoms with Crippen molar-refractivity contribution in [2.24, 2.45) is 5.10 Å². The molecular weight excluding hydrogens is 403 g/mol. The predicted octanol–water partition coefficient (Wildman–Crippen LogP) is 3.80. The minimum atomic E-state index is -0.685. The summed E-state index contributed by atoms with van der Waals surface area (Å²) < 4.78 is 10.7. The first kappa shape index (κ1) is 20.1. The lowest BCUT2D eigenvalue weighted by molar-refractivity contribution is 0.0950. The zero-order chi connectivity index (χ0) is 19.3. The Labute approximate surface area is 165 Å². The van der Waals surface area contributed by atoms with Gasteiger partial charge in [-0.05, 0) is 30.7 Å². The highest BCUT2D eigenvalue weighted by molar-refractivity contribution is 6.46.